The zero-order valence-electron chi connectivity index (χ0n) is 11.4. The number of benzene rings is 1. The lowest BCUT2D eigenvalue weighted by atomic mass is 9.96. The van der Waals surface area contributed by atoms with E-state index in [1.807, 2.05) is 24.3 Å². The number of aromatic nitrogens is 1. The minimum absolute atomic E-state index is 0.117. The van der Waals surface area contributed by atoms with E-state index in [-0.39, 0.29) is 18.0 Å². The monoisotopic (exact) mass is 269 g/mol. The number of ketones is 2. The van der Waals surface area contributed by atoms with Crippen molar-refractivity contribution in [2.75, 3.05) is 7.11 Å². The molecular weight excluding hydrogens is 254 g/mol. The fraction of sp³-hybridized carbons (Fsp3) is 0.188. The number of carbonyl (C=O) groups excluding carboxylic acids is 2. The Morgan fingerprint density at radius 2 is 1.90 bits per heavy atom. The van der Waals surface area contributed by atoms with Gasteiger partial charge < -0.3 is 4.74 Å². The molecule has 0 aliphatic rings. The van der Waals surface area contributed by atoms with Crippen LogP contribution in [0.5, 0.6) is 5.75 Å². The molecule has 102 valence electrons. The van der Waals surface area contributed by atoms with Gasteiger partial charge in [-0.25, -0.2) is 0 Å². The molecular formula is C16H15NO3. The molecule has 0 saturated heterocycles. The second-order valence-corrected chi connectivity index (χ2v) is 4.42. The van der Waals surface area contributed by atoms with Gasteiger partial charge in [-0.1, -0.05) is 18.2 Å². The molecule has 4 heteroatoms. The van der Waals surface area contributed by atoms with E-state index < -0.39 is 0 Å². The van der Waals surface area contributed by atoms with Crippen LogP contribution < -0.4 is 4.74 Å². The highest BCUT2D eigenvalue weighted by Crippen LogP contribution is 2.32. The van der Waals surface area contributed by atoms with Crippen molar-refractivity contribution in [1.82, 2.24) is 4.98 Å². The Balaban J connectivity index is 2.52. The third-order valence-corrected chi connectivity index (χ3v) is 2.93. The Hall–Kier alpha value is -2.49. The van der Waals surface area contributed by atoms with Gasteiger partial charge in [0.05, 0.1) is 13.5 Å². The molecule has 0 atom stereocenters. The average molecular weight is 269 g/mol. The summed E-state index contributed by atoms with van der Waals surface area (Å²) in [4.78, 5) is 27.3. The molecule has 0 radical (unpaired) electrons. The molecule has 1 aromatic heterocycles. The van der Waals surface area contributed by atoms with Gasteiger partial charge in [0, 0.05) is 23.5 Å². The summed E-state index contributed by atoms with van der Waals surface area (Å²) in [5.41, 5.74) is 1.97. The first-order valence-corrected chi connectivity index (χ1v) is 6.23. The van der Waals surface area contributed by atoms with Gasteiger partial charge in [-0.05, 0) is 24.6 Å². The Kier molecular flexibility index (Phi) is 4.25. The summed E-state index contributed by atoms with van der Waals surface area (Å²) in [5.74, 6) is 0.284. The number of hydrogen-bond acceptors (Lipinski definition) is 4. The summed E-state index contributed by atoms with van der Waals surface area (Å²) in [7, 11) is 1.58. The van der Waals surface area contributed by atoms with Crippen molar-refractivity contribution in [2.45, 2.75) is 13.3 Å². The zero-order valence-corrected chi connectivity index (χ0v) is 11.4. The van der Waals surface area contributed by atoms with Crippen LogP contribution in [0.3, 0.4) is 0 Å². The summed E-state index contributed by atoms with van der Waals surface area (Å²) in [6, 6.07) is 9.19. The van der Waals surface area contributed by atoms with Crippen LogP contribution in [-0.2, 0) is 4.79 Å². The smallest absolute Gasteiger partial charge is 0.172 e. The molecule has 0 aliphatic carbocycles. The van der Waals surface area contributed by atoms with E-state index in [0.717, 1.165) is 11.1 Å². The Labute approximate surface area is 117 Å². The zero-order chi connectivity index (χ0) is 14.5. The maximum atomic E-state index is 12.1. The SMILES string of the molecule is COc1ccccc1-c1ccncc1C(=O)CC(C)=O. The van der Waals surface area contributed by atoms with Crippen LogP contribution in [0.25, 0.3) is 11.1 Å². The van der Waals surface area contributed by atoms with Crippen molar-refractivity contribution < 1.29 is 14.3 Å². The topological polar surface area (TPSA) is 56.3 Å². The van der Waals surface area contributed by atoms with E-state index in [1.165, 1.54) is 13.1 Å². The van der Waals surface area contributed by atoms with E-state index >= 15 is 0 Å². The second kappa shape index (κ2) is 6.10. The normalized spacial score (nSPS) is 10.1. The summed E-state index contributed by atoms with van der Waals surface area (Å²) < 4.78 is 5.32. The molecule has 0 spiro atoms. The maximum absolute atomic E-state index is 12.1. The van der Waals surface area contributed by atoms with Crippen LogP contribution in [0.4, 0.5) is 0 Å². The highest BCUT2D eigenvalue weighted by Gasteiger charge is 2.16. The molecule has 1 aromatic carbocycles. The molecule has 20 heavy (non-hydrogen) atoms. The van der Waals surface area contributed by atoms with Crippen LogP contribution in [-0.4, -0.2) is 23.7 Å². The standard InChI is InChI=1S/C16H15NO3/c1-11(18)9-15(19)14-10-17-8-7-12(14)13-5-3-4-6-16(13)20-2/h3-8,10H,9H2,1-2H3. The highest BCUT2D eigenvalue weighted by atomic mass is 16.5. The first kappa shape index (κ1) is 13.9. The van der Waals surface area contributed by atoms with Crippen molar-refractivity contribution in [3.8, 4) is 16.9 Å². The number of ether oxygens (including phenoxy) is 1. The lowest BCUT2D eigenvalue weighted by molar-refractivity contribution is -0.116. The minimum atomic E-state index is -0.230. The molecule has 0 unspecified atom stereocenters. The van der Waals surface area contributed by atoms with E-state index in [2.05, 4.69) is 4.98 Å². The minimum Gasteiger partial charge on any atom is -0.496 e. The number of para-hydroxylation sites is 1. The first-order chi connectivity index (χ1) is 9.63. The van der Waals surface area contributed by atoms with E-state index in [4.69, 9.17) is 4.74 Å². The van der Waals surface area contributed by atoms with Crippen LogP contribution in [0.2, 0.25) is 0 Å². The third-order valence-electron chi connectivity index (χ3n) is 2.93. The molecule has 2 aromatic rings. The molecule has 0 saturated carbocycles. The summed E-state index contributed by atoms with van der Waals surface area (Å²) in [6.45, 7) is 1.40. The van der Waals surface area contributed by atoms with Crippen LogP contribution in [0.1, 0.15) is 23.7 Å². The number of methoxy groups -OCH3 is 1. The molecule has 0 bridgehead atoms. The van der Waals surface area contributed by atoms with Gasteiger partial charge in [-0.2, -0.15) is 0 Å². The predicted octanol–water partition coefficient (Wildman–Crippen LogP) is 2.92. The van der Waals surface area contributed by atoms with Gasteiger partial charge >= 0.3 is 0 Å². The van der Waals surface area contributed by atoms with E-state index in [1.54, 1.807) is 19.4 Å². The van der Waals surface area contributed by atoms with E-state index in [0.29, 0.717) is 11.3 Å². The van der Waals surface area contributed by atoms with Gasteiger partial charge in [0.25, 0.3) is 0 Å². The average Bonchev–Trinajstić information content (AvgIpc) is 2.46. The fourth-order valence-corrected chi connectivity index (χ4v) is 2.04. The van der Waals surface area contributed by atoms with Crippen molar-refractivity contribution >= 4 is 11.6 Å². The lowest BCUT2D eigenvalue weighted by Crippen LogP contribution is -2.07. The molecule has 0 amide bonds. The molecule has 0 fully saturated rings. The van der Waals surface area contributed by atoms with Gasteiger partial charge in [-0.3, -0.25) is 14.6 Å². The van der Waals surface area contributed by atoms with Crippen molar-refractivity contribution in [2.24, 2.45) is 0 Å². The second-order valence-electron chi connectivity index (χ2n) is 4.42. The quantitative estimate of drug-likeness (QED) is 0.618. The van der Waals surface area contributed by atoms with Crippen molar-refractivity contribution in [3.63, 3.8) is 0 Å². The van der Waals surface area contributed by atoms with Crippen molar-refractivity contribution in [3.05, 3.63) is 48.3 Å². The number of hydrogen-bond donors (Lipinski definition) is 0. The summed E-state index contributed by atoms with van der Waals surface area (Å²) in [6.07, 6.45) is 2.99. The Bertz CT molecular complexity index is 650. The molecule has 0 aliphatic heterocycles. The fourth-order valence-electron chi connectivity index (χ4n) is 2.04. The van der Waals surface area contributed by atoms with Crippen LogP contribution in [0, 0.1) is 0 Å². The Morgan fingerprint density at radius 3 is 2.60 bits per heavy atom. The number of nitrogens with zero attached hydrogens (tertiary/aromatic N) is 1. The molecule has 2 rings (SSSR count). The first-order valence-electron chi connectivity index (χ1n) is 6.23. The van der Waals surface area contributed by atoms with E-state index in [9.17, 15) is 9.59 Å². The van der Waals surface area contributed by atoms with Crippen LogP contribution in [0.15, 0.2) is 42.7 Å². The van der Waals surface area contributed by atoms with Crippen LogP contribution >= 0.6 is 0 Å². The molecule has 0 N–H and O–H groups in total. The van der Waals surface area contributed by atoms with Gasteiger partial charge in [0.2, 0.25) is 0 Å². The lowest BCUT2D eigenvalue weighted by Gasteiger charge is -2.11. The maximum Gasteiger partial charge on any atom is 0.172 e. The third kappa shape index (κ3) is 2.91. The highest BCUT2D eigenvalue weighted by molar-refractivity contribution is 6.10. The number of pyridine rings is 1. The number of Topliss-reactive ketones (excluding diaryl/α,β-unsaturated/α-hetero) is 2. The Morgan fingerprint density at radius 1 is 1.15 bits per heavy atom. The number of carbonyl (C=O) groups is 2. The van der Waals surface area contributed by atoms with Gasteiger partial charge in [0.1, 0.15) is 11.5 Å². The van der Waals surface area contributed by atoms with Gasteiger partial charge in [-0.15, -0.1) is 0 Å². The van der Waals surface area contributed by atoms with Gasteiger partial charge in [0.15, 0.2) is 5.78 Å². The largest absolute Gasteiger partial charge is 0.496 e. The molecule has 4 nitrogen and oxygen atoms in total. The number of rotatable bonds is 5. The molecule has 1 heterocycles. The summed E-state index contributed by atoms with van der Waals surface area (Å²) >= 11 is 0. The summed E-state index contributed by atoms with van der Waals surface area (Å²) in [5, 5.41) is 0. The predicted molar refractivity (Wildman–Crippen MR) is 75.9 cm³/mol. The van der Waals surface area contributed by atoms with Crippen molar-refractivity contribution in [1.29, 1.82) is 0 Å².